The molecule has 35 heavy (non-hydrogen) atoms. The molecule has 2 aromatic carbocycles. The standard InChI is InChI=1S/C25H24N2O8/c1-3-33-24(30)20-18(26-25(31)27-21(20)14-8-10-16(32-2)11-9-14)13-34-23(29)19-12-15-6-4-5-7-17(15)22(28)35-19/h4-11,19,21H,3,12-13H2,1-2H3,(H2,26,27,31)/t19-,21+/m1/s1. The van der Waals surface area contributed by atoms with Gasteiger partial charge in [-0.2, -0.15) is 0 Å². The smallest absolute Gasteiger partial charge is 0.348 e. The molecule has 0 spiro atoms. The molecule has 0 bridgehead atoms. The molecule has 4 rings (SSSR count). The maximum Gasteiger partial charge on any atom is 0.348 e. The molecule has 2 aliphatic heterocycles. The topological polar surface area (TPSA) is 129 Å². The maximum atomic E-state index is 12.8. The predicted molar refractivity (Wildman–Crippen MR) is 121 cm³/mol. The van der Waals surface area contributed by atoms with Crippen molar-refractivity contribution in [2.45, 2.75) is 25.5 Å². The fourth-order valence-electron chi connectivity index (χ4n) is 3.93. The first kappa shape index (κ1) is 23.8. The van der Waals surface area contributed by atoms with Gasteiger partial charge in [-0.1, -0.05) is 30.3 Å². The van der Waals surface area contributed by atoms with E-state index >= 15 is 0 Å². The van der Waals surface area contributed by atoms with Crippen molar-refractivity contribution in [2.75, 3.05) is 20.3 Å². The van der Waals surface area contributed by atoms with Crippen molar-refractivity contribution in [2.24, 2.45) is 0 Å². The molecular weight excluding hydrogens is 456 g/mol. The first-order valence-corrected chi connectivity index (χ1v) is 11.0. The molecule has 0 radical (unpaired) electrons. The minimum absolute atomic E-state index is 0.0731. The summed E-state index contributed by atoms with van der Waals surface area (Å²) in [6.07, 6.45) is -0.980. The van der Waals surface area contributed by atoms with Crippen LogP contribution in [0.15, 0.2) is 59.8 Å². The number of esters is 3. The molecule has 2 aliphatic rings. The summed E-state index contributed by atoms with van der Waals surface area (Å²) >= 11 is 0. The Balaban J connectivity index is 1.57. The van der Waals surface area contributed by atoms with Gasteiger partial charge in [0, 0.05) is 6.42 Å². The van der Waals surface area contributed by atoms with E-state index in [2.05, 4.69) is 10.6 Å². The minimum atomic E-state index is -1.14. The van der Waals surface area contributed by atoms with Crippen LogP contribution in [0.4, 0.5) is 4.79 Å². The lowest BCUT2D eigenvalue weighted by molar-refractivity contribution is -0.153. The number of amides is 2. The molecule has 10 heteroatoms. The van der Waals surface area contributed by atoms with Crippen LogP contribution in [0.3, 0.4) is 0 Å². The van der Waals surface area contributed by atoms with Crippen LogP contribution in [-0.2, 0) is 30.2 Å². The molecule has 0 saturated heterocycles. The zero-order valence-corrected chi connectivity index (χ0v) is 19.2. The van der Waals surface area contributed by atoms with Crippen LogP contribution in [0.2, 0.25) is 0 Å². The second-order valence-electron chi connectivity index (χ2n) is 7.78. The largest absolute Gasteiger partial charge is 0.497 e. The number of methoxy groups -OCH3 is 1. The maximum absolute atomic E-state index is 12.8. The van der Waals surface area contributed by atoms with Gasteiger partial charge in [-0.15, -0.1) is 0 Å². The number of hydrogen-bond acceptors (Lipinski definition) is 8. The predicted octanol–water partition coefficient (Wildman–Crippen LogP) is 2.19. The third kappa shape index (κ3) is 5.11. The van der Waals surface area contributed by atoms with E-state index in [9.17, 15) is 19.2 Å². The number of carbonyl (C=O) groups excluding carboxylic acids is 4. The number of urea groups is 1. The SMILES string of the molecule is CCOC(=O)C1=C(COC(=O)[C@H]2Cc3ccccc3C(=O)O2)NC(=O)N[C@H]1c1ccc(OC)cc1. The van der Waals surface area contributed by atoms with E-state index in [0.717, 1.165) is 0 Å². The van der Waals surface area contributed by atoms with Gasteiger partial charge in [0.15, 0.2) is 0 Å². The summed E-state index contributed by atoms with van der Waals surface area (Å²) in [5.74, 6) is -1.48. The number of hydrogen-bond donors (Lipinski definition) is 2. The number of nitrogens with one attached hydrogen (secondary N) is 2. The molecule has 0 aromatic heterocycles. The summed E-state index contributed by atoms with van der Waals surface area (Å²) in [6, 6.07) is 12.2. The second-order valence-corrected chi connectivity index (χ2v) is 7.78. The molecule has 10 nitrogen and oxygen atoms in total. The van der Waals surface area contributed by atoms with Crippen LogP contribution in [-0.4, -0.2) is 50.4 Å². The molecule has 2 N–H and O–H groups in total. The van der Waals surface area contributed by atoms with Crippen molar-refractivity contribution in [3.63, 3.8) is 0 Å². The van der Waals surface area contributed by atoms with Crippen LogP contribution >= 0.6 is 0 Å². The van der Waals surface area contributed by atoms with Gasteiger partial charge in [-0.3, -0.25) is 0 Å². The number of ether oxygens (including phenoxy) is 4. The first-order chi connectivity index (χ1) is 16.9. The van der Waals surface area contributed by atoms with Crippen molar-refractivity contribution < 1.29 is 38.1 Å². The van der Waals surface area contributed by atoms with E-state index in [4.69, 9.17) is 18.9 Å². The van der Waals surface area contributed by atoms with Gasteiger partial charge in [0.1, 0.15) is 12.4 Å². The fraction of sp³-hybridized carbons (Fsp3) is 0.280. The molecule has 2 amide bonds. The van der Waals surface area contributed by atoms with Gasteiger partial charge in [0.25, 0.3) is 0 Å². The molecule has 0 aliphatic carbocycles. The minimum Gasteiger partial charge on any atom is -0.497 e. The Morgan fingerprint density at radius 3 is 2.51 bits per heavy atom. The van der Waals surface area contributed by atoms with Crippen LogP contribution in [0, 0.1) is 0 Å². The Bertz CT molecular complexity index is 1190. The van der Waals surface area contributed by atoms with Gasteiger partial charge in [-0.25, -0.2) is 19.2 Å². The molecular formula is C25H24N2O8. The molecule has 0 unspecified atom stereocenters. The number of benzene rings is 2. The highest BCUT2D eigenvalue weighted by Crippen LogP contribution is 2.29. The highest BCUT2D eigenvalue weighted by molar-refractivity contribution is 5.96. The molecule has 0 fully saturated rings. The first-order valence-electron chi connectivity index (χ1n) is 11.0. The lowest BCUT2D eigenvalue weighted by atomic mass is 9.95. The monoisotopic (exact) mass is 480 g/mol. The van der Waals surface area contributed by atoms with Gasteiger partial charge in [0.2, 0.25) is 6.10 Å². The van der Waals surface area contributed by atoms with Crippen molar-refractivity contribution in [1.29, 1.82) is 0 Å². The highest BCUT2D eigenvalue weighted by Gasteiger charge is 2.36. The number of carbonyl (C=O) groups is 4. The number of rotatable bonds is 7. The van der Waals surface area contributed by atoms with Crippen molar-refractivity contribution in [3.8, 4) is 5.75 Å². The number of fused-ring (bicyclic) bond motifs is 1. The van der Waals surface area contributed by atoms with Crippen molar-refractivity contribution in [3.05, 3.63) is 76.5 Å². The van der Waals surface area contributed by atoms with Crippen molar-refractivity contribution in [1.82, 2.24) is 10.6 Å². The van der Waals surface area contributed by atoms with E-state index in [-0.39, 0.29) is 24.3 Å². The fourth-order valence-corrected chi connectivity index (χ4v) is 3.93. The Kier molecular flexibility index (Phi) is 7.00. The summed E-state index contributed by atoms with van der Waals surface area (Å²) in [5, 5.41) is 5.23. The van der Waals surface area contributed by atoms with E-state index in [1.54, 1.807) is 55.5 Å². The highest BCUT2D eigenvalue weighted by atomic mass is 16.6. The van der Waals surface area contributed by atoms with Gasteiger partial charge in [-0.05, 0) is 36.2 Å². The average molecular weight is 480 g/mol. The average Bonchev–Trinajstić information content (AvgIpc) is 2.87. The molecule has 182 valence electrons. The summed E-state index contributed by atoms with van der Waals surface area (Å²) < 4.78 is 21.0. The van der Waals surface area contributed by atoms with E-state index in [1.165, 1.54) is 7.11 Å². The Morgan fingerprint density at radius 2 is 1.80 bits per heavy atom. The van der Waals surface area contributed by atoms with Crippen LogP contribution in [0.25, 0.3) is 0 Å². The third-order valence-electron chi connectivity index (χ3n) is 5.61. The van der Waals surface area contributed by atoms with E-state index in [1.807, 2.05) is 0 Å². The third-order valence-corrected chi connectivity index (χ3v) is 5.61. The van der Waals surface area contributed by atoms with Crippen LogP contribution in [0.1, 0.15) is 34.5 Å². The Labute approximate surface area is 201 Å². The van der Waals surface area contributed by atoms with Gasteiger partial charge in [0.05, 0.1) is 36.6 Å². The summed E-state index contributed by atoms with van der Waals surface area (Å²) in [6.45, 7) is 1.34. The quantitative estimate of drug-likeness (QED) is 0.456. The Hall–Kier alpha value is -4.34. The molecule has 2 atom stereocenters. The van der Waals surface area contributed by atoms with Crippen LogP contribution in [0.5, 0.6) is 5.75 Å². The molecule has 0 saturated carbocycles. The second kappa shape index (κ2) is 10.3. The van der Waals surface area contributed by atoms with Gasteiger partial charge >= 0.3 is 23.9 Å². The van der Waals surface area contributed by atoms with E-state index in [0.29, 0.717) is 22.4 Å². The van der Waals surface area contributed by atoms with Gasteiger partial charge < -0.3 is 29.6 Å². The normalized spacial score (nSPS) is 19.0. The molecule has 2 aromatic rings. The van der Waals surface area contributed by atoms with Crippen LogP contribution < -0.4 is 15.4 Å². The lowest BCUT2D eigenvalue weighted by Gasteiger charge is -2.29. The number of cyclic esters (lactones) is 1. The summed E-state index contributed by atoms with van der Waals surface area (Å²) in [4.78, 5) is 50.2. The summed E-state index contributed by atoms with van der Waals surface area (Å²) in [7, 11) is 1.53. The van der Waals surface area contributed by atoms with E-state index < -0.39 is 42.7 Å². The van der Waals surface area contributed by atoms with Crippen molar-refractivity contribution >= 4 is 23.9 Å². The molecule has 2 heterocycles. The zero-order chi connectivity index (χ0) is 24.9. The summed E-state index contributed by atoms with van der Waals surface area (Å²) in [5.41, 5.74) is 1.84. The lowest BCUT2D eigenvalue weighted by Crippen LogP contribution is -2.47. The zero-order valence-electron chi connectivity index (χ0n) is 19.2. The Morgan fingerprint density at radius 1 is 1.06 bits per heavy atom.